The number of ketones is 1. The summed E-state index contributed by atoms with van der Waals surface area (Å²) in [4.78, 5) is 37.1. The molecule has 0 aliphatic carbocycles. The van der Waals surface area contributed by atoms with Crippen molar-refractivity contribution in [3.8, 4) is 0 Å². The Kier molecular flexibility index (Phi) is 6.36. The molecule has 7 nitrogen and oxygen atoms in total. The summed E-state index contributed by atoms with van der Waals surface area (Å²) in [6.07, 6.45) is -1.37. The molecule has 2 atom stereocenters. The Morgan fingerprint density at radius 3 is 2.41 bits per heavy atom. The molecular formula is C22H25NO6. The second-order valence-corrected chi connectivity index (χ2v) is 7.14. The molecule has 1 aromatic heterocycles. The molecule has 0 N–H and O–H groups in total. The number of carbonyl (C=O) groups excluding carboxylic acids is 3. The van der Waals surface area contributed by atoms with E-state index in [9.17, 15) is 14.4 Å². The SMILES string of the molecule is CCC(OC(=O)OC(C)C)OC(=O)[C@H]1CCn2c(C(=O)c3ccccc3)ccc21. The van der Waals surface area contributed by atoms with E-state index in [1.54, 1.807) is 45.0 Å². The van der Waals surface area contributed by atoms with Gasteiger partial charge >= 0.3 is 12.1 Å². The van der Waals surface area contributed by atoms with Crippen LogP contribution in [0.3, 0.4) is 0 Å². The van der Waals surface area contributed by atoms with Crippen molar-refractivity contribution in [2.24, 2.45) is 0 Å². The van der Waals surface area contributed by atoms with Crippen LogP contribution in [-0.4, -0.2) is 34.9 Å². The fourth-order valence-corrected chi connectivity index (χ4v) is 3.35. The number of hydrogen-bond donors (Lipinski definition) is 0. The lowest BCUT2D eigenvalue weighted by Gasteiger charge is -2.19. The van der Waals surface area contributed by atoms with Crippen LogP contribution < -0.4 is 0 Å². The third-order valence-electron chi connectivity index (χ3n) is 4.71. The maximum atomic E-state index is 12.8. The Balaban J connectivity index is 1.69. The lowest BCUT2D eigenvalue weighted by Crippen LogP contribution is -2.27. The third-order valence-corrected chi connectivity index (χ3v) is 4.71. The van der Waals surface area contributed by atoms with Gasteiger partial charge < -0.3 is 18.8 Å². The van der Waals surface area contributed by atoms with E-state index in [-0.39, 0.29) is 11.9 Å². The predicted molar refractivity (Wildman–Crippen MR) is 105 cm³/mol. The van der Waals surface area contributed by atoms with E-state index in [1.807, 2.05) is 22.8 Å². The molecule has 0 fully saturated rings. The van der Waals surface area contributed by atoms with Crippen molar-refractivity contribution in [3.05, 3.63) is 59.4 Å². The van der Waals surface area contributed by atoms with Gasteiger partial charge in [0.15, 0.2) is 0 Å². The number of ether oxygens (including phenoxy) is 3. The second kappa shape index (κ2) is 8.94. The first-order chi connectivity index (χ1) is 13.9. The van der Waals surface area contributed by atoms with Crippen LogP contribution in [0.5, 0.6) is 0 Å². The highest BCUT2D eigenvalue weighted by Gasteiger charge is 2.34. The van der Waals surface area contributed by atoms with Crippen molar-refractivity contribution in [2.75, 3.05) is 0 Å². The van der Waals surface area contributed by atoms with Crippen molar-refractivity contribution in [3.63, 3.8) is 0 Å². The standard InChI is InChI=1S/C22H25NO6/c1-4-19(29-22(26)27-14(2)3)28-21(25)16-12-13-23-17(16)10-11-18(23)20(24)15-8-6-5-7-9-15/h5-11,14,16,19H,4,12-13H2,1-3H3/t16-,19?/m0/s1. The summed E-state index contributed by atoms with van der Waals surface area (Å²) in [6, 6.07) is 12.5. The van der Waals surface area contributed by atoms with Gasteiger partial charge in [0, 0.05) is 24.2 Å². The molecule has 1 aliphatic heterocycles. The topological polar surface area (TPSA) is 83.8 Å². The molecule has 1 unspecified atom stereocenters. The molecule has 1 aromatic carbocycles. The molecule has 0 saturated carbocycles. The van der Waals surface area contributed by atoms with Gasteiger partial charge in [0.2, 0.25) is 5.78 Å². The number of rotatable bonds is 7. The number of hydrogen-bond acceptors (Lipinski definition) is 6. The maximum absolute atomic E-state index is 12.8. The van der Waals surface area contributed by atoms with Crippen LogP contribution in [0.15, 0.2) is 42.5 Å². The van der Waals surface area contributed by atoms with E-state index >= 15 is 0 Å². The number of fused-ring (bicyclic) bond motifs is 1. The van der Waals surface area contributed by atoms with E-state index in [0.29, 0.717) is 30.6 Å². The van der Waals surface area contributed by atoms with Gasteiger partial charge in [0.1, 0.15) is 0 Å². The molecule has 154 valence electrons. The lowest BCUT2D eigenvalue weighted by atomic mass is 10.1. The van der Waals surface area contributed by atoms with Gasteiger partial charge in [-0.05, 0) is 32.4 Å². The molecule has 7 heteroatoms. The van der Waals surface area contributed by atoms with Gasteiger partial charge in [-0.25, -0.2) is 4.79 Å². The molecule has 29 heavy (non-hydrogen) atoms. The molecule has 0 saturated heterocycles. The maximum Gasteiger partial charge on any atom is 0.511 e. The van der Waals surface area contributed by atoms with Crippen molar-refractivity contribution in [2.45, 2.75) is 58.5 Å². The summed E-state index contributed by atoms with van der Waals surface area (Å²) < 4.78 is 17.2. The van der Waals surface area contributed by atoms with Gasteiger partial charge in [-0.15, -0.1) is 0 Å². The lowest BCUT2D eigenvalue weighted by molar-refractivity contribution is -0.174. The monoisotopic (exact) mass is 399 g/mol. The minimum atomic E-state index is -1.01. The third kappa shape index (κ3) is 4.67. The number of esters is 1. The second-order valence-electron chi connectivity index (χ2n) is 7.14. The number of aromatic nitrogens is 1. The van der Waals surface area contributed by atoms with Gasteiger partial charge in [-0.3, -0.25) is 9.59 Å². The Morgan fingerprint density at radius 1 is 1.03 bits per heavy atom. The Labute approximate surface area is 169 Å². The molecule has 1 aliphatic rings. The molecule has 3 rings (SSSR count). The Bertz CT molecular complexity index is 886. The number of carbonyl (C=O) groups is 3. The van der Waals surface area contributed by atoms with Crippen molar-refractivity contribution in [1.29, 1.82) is 0 Å². The zero-order chi connectivity index (χ0) is 21.0. The predicted octanol–water partition coefficient (Wildman–Crippen LogP) is 4.05. The smallest absolute Gasteiger partial charge is 0.431 e. The summed E-state index contributed by atoms with van der Waals surface area (Å²) in [5.74, 6) is -1.08. The van der Waals surface area contributed by atoms with Crippen LogP contribution in [0.4, 0.5) is 4.79 Å². The normalized spacial score (nSPS) is 16.2. The zero-order valence-corrected chi connectivity index (χ0v) is 16.8. The van der Waals surface area contributed by atoms with E-state index in [4.69, 9.17) is 14.2 Å². The molecule has 0 bridgehead atoms. The summed E-state index contributed by atoms with van der Waals surface area (Å²) in [5.41, 5.74) is 1.88. The summed E-state index contributed by atoms with van der Waals surface area (Å²) in [5, 5.41) is 0. The van der Waals surface area contributed by atoms with Crippen LogP contribution in [0.2, 0.25) is 0 Å². The minimum absolute atomic E-state index is 0.0860. The molecule has 2 aromatic rings. The van der Waals surface area contributed by atoms with Crippen molar-refractivity contribution in [1.82, 2.24) is 4.57 Å². The molecule has 0 amide bonds. The molecule has 2 heterocycles. The summed E-state index contributed by atoms with van der Waals surface area (Å²) in [6.45, 7) is 5.70. The fraction of sp³-hybridized carbons (Fsp3) is 0.409. The number of nitrogens with zero attached hydrogens (tertiary/aromatic N) is 1. The first-order valence-electron chi connectivity index (χ1n) is 9.77. The number of benzene rings is 1. The molecule has 0 radical (unpaired) electrons. The minimum Gasteiger partial charge on any atom is -0.431 e. The van der Waals surface area contributed by atoms with Crippen LogP contribution in [0.25, 0.3) is 0 Å². The Hall–Kier alpha value is -3.09. The first-order valence-corrected chi connectivity index (χ1v) is 9.77. The summed E-state index contributed by atoms with van der Waals surface area (Å²) in [7, 11) is 0. The van der Waals surface area contributed by atoms with E-state index in [0.717, 1.165) is 5.69 Å². The average molecular weight is 399 g/mol. The highest BCUT2D eigenvalue weighted by molar-refractivity contribution is 6.08. The molecular weight excluding hydrogens is 374 g/mol. The van der Waals surface area contributed by atoms with Gasteiger partial charge in [0.05, 0.1) is 17.7 Å². The van der Waals surface area contributed by atoms with Gasteiger partial charge in [0.25, 0.3) is 6.29 Å². The van der Waals surface area contributed by atoms with Gasteiger partial charge in [-0.1, -0.05) is 37.3 Å². The van der Waals surface area contributed by atoms with E-state index in [1.165, 1.54) is 0 Å². The zero-order valence-electron chi connectivity index (χ0n) is 16.8. The van der Waals surface area contributed by atoms with E-state index in [2.05, 4.69) is 0 Å². The van der Waals surface area contributed by atoms with Crippen LogP contribution in [0.1, 0.15) is 61.3 Å². The van der Waals surface area contributed by atoms with Crippen LogP contribution >= 0.6 is 0 Å². The van der Waals surface area contributed by atoms with Crippen molar-refractivity contribution >= 4 is 17.9 Å². The largest absolute Gasteiger partial charge is 0.511 e. The molecule has 0 spiro atoms. The highest BCUT2D eigenvalue weighted by Crippen LogP contribution is 2.33. The summed E-state index contributed by atoms with van der Waals surface area (Å²) >= 11 is 0. The van der Waals surface area contributed by atoms with Crippen LogP contribution in [0, 0.1) is 0 Å². The Morgan fingerprint density at radius 2 is 1.76 bits per heavy atom. The highest BCUT2D eigenvalue weighted by atomic mass is 16.8. The first kappa shape index (κ1) is 20.6. The average Bonchev–Trinajstić information content (AvgIpc) is 3.29. The van der Waals surface area contributed by atoms with Gasteiger partial charge in [-0.2, -0.15) is 0 Å². The van der Waals surface area contributed by atoms with Crippen molar-refractivity contribution < 1.29 is 28.6 Å². The van der Waals surface area contributed by atoms with Crippen LogP contribution in [-0.2, 0) is 25.5 Å². The quantitative estimate of drug-likeness (QED) is 0.397. The van der Waals surface area contributed by atoms with E-state index < -0.39 is 24.3 Å². The fourth-order valence-electron chi connectivity index (χ4n) is 3.35.